The Morgan fingerprint density at radius 3 is 2.55 bits per heavy atom. The molecule has 0 saturated heterocycles. The number of nitrogens with zero attached hydrogens (tertiary/aromatic N) is 1. The van der Waals surface area contributed by atoms with E-state index < -0.39 is 0 Å². The van der Waals surface area contributed by atoms with E-state index in [0.717, 1.165) is 18.4 Å². The lowest BCUT2D eigenvalue weighted by atomic mass is 9.96. The van der Waals surface area contributed by atoms with Crippen molar-refractivity contribution in [2.75, 3.05) is 26.4 Å². The summed E-state index contributed by atoms with van der Waals surface area (Å²) < 4.78 is 0. The van der Waals surface area contributed by atoms with E-state index in [1.165, 1.54) is 12.8 Å². The molecule has 2 rings (SSSR count). The number of rotatable bonds is 4. The molecule has 0 bridgehead atoms. The minimum atomic E-state index is -0.0735. The molecule has 4 heteroatoms. The molecule has 0 unspecified atom stereocenters. The molecule has 1 aliphatic carbocycles. The number of carbonyl (C=O) groups is 1. The predicted molar refractivity (Wildman–Crippen MR) is 82.8 cm³/mol. The first-order valence-corrected chi connectivity index (χ1v) is 7.26. The zero-order valence-corrected chi connectivity index (χ0v) is 12.7. The molecule has 0 aliphatic heterocycles. The fourth-order valence-corrected chi connectivity index (χ4v) is 3.04. The maximum atomic E-state index is 12.3. The van der Waals surface area contributed by atoms with Gasteiger partial charge >= 0.3 is 0 Å². The van der Waals surface area contributed by atoms with Gasteiger partial charge in [-0.1, -0.05) is 18.9 Å². The molecule has 1 amide bonds. The number of benzene rings is 1. The van der Waals surface area contributed by atoms with Crippen LogP contribution in [-0.2, 0) is 0 Å². The van der Waals surface area contributed by atoms with E-state index in [2.05, 4.69) is 24.3 Å². The Hall–Kier alpha value is -1.55. The molecule has 0 spiro atoms. The number of nitrogens with one attached hydrogen (secondary N) is 1. The summed E-state index contributed by atoms with van der Waals surface area (Å²) in [5.41, 5.74) is 8.22. The highest BCUT2D eigenvalue weighted by Gasteiger charge is 2.36. The second kappa shape index (κ2) is 5.83. The minimum absolute atomic E-state index is 0.0735. The highest BCUT2D eigenvalue weighted by molar-refractivity contribution is 5.99. The van der Waals surface area contributed by atoms with Crippen molar-refractivity contribution >= 4 is 11.6 Å². The van der Waals surface area contributed by atoms with Crippen LogP contribution >= 0.6 is 0 Å². The molecule has 1 fully saturated rings. The lowest BCUT2D eigenvalue weighted by Gasteiger charge is -2.36. The van der Waals surface area contributed by atoms with Gasteiger partial charge in [-0.25, -0.2) is 0 Å². The Morgan fingerprint density at radius 2 is 2.00 bits per heavy atom. The summed E-state index contributed by atoms with van der Waals surface area (Å²) in [5, 5.41) is 3.06. The van der Waals surface area contributed by atoms with Gasteiger partial charge in [-0.2, -0.15) is 0 Å². The molecule has 1 saturated carbocycles. The van der Waals surface area contributed by atoms with Crippen molar-refractivity contribution in [3.8, 4) is 0 Å². The van der Waals surface area contributed by atoms with Gasteiger partial charge in [-0.15, -0.1) is 0 Å². The summed E-state index contributed by atoms with van der Waals surface area (Å²) >= 11 is 0. The second-order valence-electron chi connectivity index (χ2n) is 6.10. The Morgan fingerprint density at radius 1 is 1.35 bits per heavy atom. The third kappa shape index (κ3) is 2.96. The zero-order chi connectivity index (χ0) is 14.8. The summed E-state index contributed by atoms with van der Waals surface area (Å²) in [5.74, 6) is -0.0735. The van der Waals surface area contributed by atoms with Gasteiger partial charge in [0.15, 0.2) is 0 Å². The van der Waals surface area contributed by atoms with Gasteiger partial charge in [-0.3, -0.25) is 4.79 Å². The van der Waals surface area contributed by atoms with Crippen LogP contribution in [0.25, 0.3) is 0 Å². The van der Waals surface area contributed by atoms with Gasteiger partial charge < -0.3 is 16.0 Å². The van der Waals surface area contributed by atoms with Crippen LogP contribution in [0.5, 0.6) is 0 Å². The molecule has 0 radical (unpaired) electrons. The van der Waals surface area contributed by atoms with Crippen LogP contribution in [-0.4, -0.2) is 37.0 Å². The number of likely N-dealkylation sites (N-methyl/N-ethyl adjacent to an activating group) is 1. The molecule has 1 aromatic rings. The molecule has 1 aromatic carbocycles. The molecule has 20 heavy (non-hydrogen) atoms. The number of carbonyl (C=O) groups excluding carboxylic acids is 1. The molecule has 0 atom stereocenters. The van der Waals surface area contributed by atoms with Crippen molar-refractivity contribution in [1.29, 1.82) is 0 Å². The van der Waals surface area contributed by atoms with Crippen molar-refractivity contribution in [1.82, 2.24) is 10.2 Å². The fraction of sp³-hybridized carbons (Fsp3) is 0.562. The molecular weight excluding hydrogens is 250 g/mol. The maximum Gasteiger partial charge on any atom is 0.253 e. The van der Waals surface area contributed by atoms with Crippen LogP contribution in [0.15, 0.2) is 18.2 Å². The summed E-state index contributed by atoms with van der Waals surface area (Å²) in [6, 6.07) is 5.56. The largest absolute Gasteiger partial charge is 0.398 e. The van der Waals surface area contributed by atoms with Gasteiger partial charge in [0.25, 0.3) is 5.91 Å². The van der Waals surface area contributed by atoms with Crippen LogP contribution in [0, 0.1) is 6.92 Å². The van der Waals surface area contributed by atoms with Gasteiger partial charge in [0.1, 0.15) is 0 Å². The van der Waals surface area contributed by atoms with Crippen LogP contribution in [0.3, 0.4) is 0 Å². The van der Waals surface area contributed by atoms with E-state index in [1.54, 1.807) is 6.07 Å². The van der Waals surface area contributed by atoms with Crippen molar-refractivity contribution in [3.63, 3.8) is 0 Å². The van der Waals surface area contributed by atoms with E-state index in [0.29, 0.717) is 17.8 Å². The monoisotopic (exact) mass is 275 g/mol. The average Bonchev–Trinajstić information content (AvgIpc) is 2.86. The highest BCUT2D eigenvalue weighted by atomic mass is 16.1. The van der Waals surface area contributed by atoms with E-state index >= 15 is 0 Å². The van der Waals surface area contributed by atoms with E-state index in [-0.39, 0.29) is 11.4 Å². The summed E-state index contributed by atoms with van der Waals surface area (Å²) in [4.78, 5) is 14.5. The summed E-state index contributed by atoms with van der Waals surface area (Å²) in [7, 11) is 4.19. The normalized spacial score (nSPS) is 17.4. The first kappa shape index (κ1) is 14.9. The average molecular weight is 275 g/mol. The molecular formula is C16H25N3O. The molecule has 0 aromatic heterocycles. The molecule has 3 N–H and O–H groups in total. The minimum Gasteiger partial charge on any atom is -0.398 e. The van der Waals surface area contributed by atoms with Gasteiger partial charge in [0, 0.05) is 17.8 Å². The van der Waals surface area contributed by atoms with Gasteiger partial charge in [0.05, 0.1) is 5.56 Å². The lowest BCUT2D eigenvalue weighted by molar-refractivity contribution is 0.0901. The quantitative estimate of drug-likeness (QED) is 0.828. The number of hydrogen-bond donors (Lipinski definition) is 2. The number of hydrogen-bond acceptors (Lipinski definition) is 3. The molecule has 110 valence electrons. The summed E-state index contributed by atoms with van der Waals surface area (Å²) in [6.45, 7) is 2.66. The summed E-state index contributed by atoms with van der Waals surface area (Å²) in [6.07, 6.45) is 4.76. The molecule has 1 aliphatic rings. The van der Waals surface area contributed by atoms with Crippen LogP contribution in [0.4, 0.5) is 5.69 Å². The van der Waals surface area contributed by atoms with Gasteiger partial charge in [-0.05, 0) is 51.6 Å². The molecule has 0 heterocycles. The number of amides is 1. The zero-order valence-electron chi connectivity index (χ0n) is 12.7. The van der Waals surface area contributed by atoms with Crippen LogP contribution in [0.1, 0.15) is 41.6 Å². The topological polar surface area (TPSA) is 58.4 Å². The predicted octanol–water partition coefficient (Wildman–Crippen LogP) is 2.18. The number of nitrogen functional groups attached to an aromatic ring is 1. The van der Waals surface area contributed by atoms with Crippen molar-refractivity contribution in [3.05, 3.63) is 29.3 Å². The molecule has 4 nitrogen and oxygen atoms in total. The smallest absolute Gasteiger partial charge is 0.253 e. The SMILES string of the molecule is Cc1ccc(C(=O)NCC2(N(C)C)CCCC2)c(N)c1. The van der Waals surface area contributed by atoms with Crippen molar-refractivity contribution in [2.45, 2.75) is 38.1 Å². The van der Waals surface area contributed by atoms with E-state index in [9.17, 15) is 4.79 Å². The number of anilines is 1. The van der Waals surface area contributed by atoms with E-state index in [4.69, 9.17) is 5.73 Å². The first-order chi connectivity index (χ1) is 9.44. The Bertz CT molecular complexity index is 490. The van der Waals surface area contributed by atoms with Crippen LogP contribution < -0.4 is 11.1 Å². The maximum absolute atomic E-state index is 12.3. The standard InChI is InChI=1S/C16H25N3O/c1-12-6-7-13(14(17)10-12)15(20)18-11-16(19(2)3)8-4-5-9-16/h6-7,10H,4-5,8-9,11,17H2,1-3H3,(H,18,20). The van der Waals surface area contributed by atoms with Gasteiger partial charge in [0.2, 0.25) is 0 Å². The Labute approximate surface area is 121 Å². The lowest BCUT2D eigenvalue weighted by Crippen LogP contribution is -2.50. The fourth-order valence-electron chi connectivity index (χ4n) is 3.04. The van der Waals surface area contributed by atoms with E-state index in [1.807, 2.05) is 19.1 Å². The third-order valence-electron chi connectivity index (χ3n) is 4.51. The number of nitrogens with two attached hydrogens (primary N) is 1. The van der Waals surface area contributed by atoms with Crippen molar-refractivity contribution < 1.29 is 4.79 Å². The second-order valence-corrected chi connectivity index (χ2v) is 6.10. The first-order valence-electron chi connectivity index (χ1n) is 7.26. The third-order valence-corrected chi connectivity index (χ3v) is 4.51. The number of aryl methyl sites for hydroxylation is 1. The Balaban J connectivity index is 2.04. The van der Waals surface area contributed by atoms with Crippen molar-refractivity contribution in [2.24, 2.45) is 0 Å². The Kier molecular flexibility index (Phi) is 4.33. The van der Waals surface area contributed by atoms with Crippen LogP contribution in [0.2, 0.25) is 0 Å². The highest BCUT2D eigenvalue weighted by Crippen LogP contribution is 2.33.